The smallest absolute Gasteiger partial charge is 0.257 e. The summed E-state index contributed by atoms with van der Waals surface area (Å²) in [6.07, 6.45) is 0. The molecule has 0 fully saturated rings. The van der Waals surface area contributed by atoms with E-state index in [1.807, 2.05) is 0 Å². The Morgan fingerprint density at radius 1 is 1.44 bits per heavy atom. The van der Waals surface area contributed by atoms with Crippen molar-refractivity contribution in [3.8, 4) is 0 Å². The van der Waals surface area contributed by atoms with Gasteiger partial charge in [-0.25, -0.2) is 8.78 Å². The highest BCUT2D eigenvalue weighted by Gasteiger charge is 2.18. The molecule has 0 spiro atoms. The third kappa shape index (κ3) is 4.29. The van der Waals surface area contributed by atoms with Crippen LogP contribution in [-0.2, 0) is 4.74 Å². The first-order valence-electron chi connectivity index (χ1n) is 5.01. The molecule has 0 aromatic heterocycles. The quantitative estimate of drug-likeness (QED) is 0.790. The van der Waals surface area contributed by atoms with Gasteiger partial charge >= 0.3 is 0 Å². The molecule has 1 aromatic rings. The maximum absolute atomic E-state index is 13.5. The van der Waals surface area contributed by atoms with Crippen molar-refractivity contribution < 1.29 is 18.3 Å². The van der Waals surface area contributed by atoms with E-state index < -0.39 is 23.1 Å². The molecule has 18 heavy (non-hydrogen) atoms. The molecule has 0 aliphatic rings. The van der Waals surface area contributed by atoms with Crippen LogP contribution in [0.2, 0.25) is 0 Å². The minimum Gasteiger partial charge on any atom is -0.383 e. The van der Waals surface area contributed by atoms with Crippen LogP contribution in [0.3, 0.4) is 0 Å². The number of nitrogens with one attached hydrogen (secondary N) is 1. The van der Waals surface area contributed by atoms with E-state index in [4.69, 9.17) is 4.74 Å². The third-order valence-corrected chi connectivity index (χ3v) is 3.11. The van der Waals surface area contributed by atoms with Gasteiger partial charge in [-0.05, 0) is 12.1 Å². The van der Waals surface area contributed by atoms with Crippen LogP contribution in [-0.4, -0.2) is 31.0 Å². The molecule has 0 bridgehead atoms. The molecule has 0 aliphatic heterocycles. The Balaban J connectivity index is 2.73. The van der Waals surface area contributed by atoms with E-state index in [0.717, 1.165) is 12.1 Å². The molecule has 1 aromatic carbocycles. The minimum absolute atomic E-state index is 0.118. The fraction of sp³-hybridized carbons (Fsp3) is 0.364. The molecule has 1 rings (SSSR count). The highest BCUT2D eigenvalue weighted by Crippen LogP contribution is 2.19. The van der Waals surface area contributed by atoms with Crippen LogP contribution in [0.5, 0.6) is 0 Å². The fourth-order valence-electron chi connectivity index (χ4n) is 1.29. The largest absolute Gasteiger partial charge is 0.383 e. The molecule has 0 saturated carbocycles. The zero-order valence-electron chi connectivity index (χ0n) is 9.47. The van der Waals surface area contributed by atoms with Crippen LogP contribution in [0.15, 0.2) is 16.6 Å². The molecule has 0 aliphatic carbocycles. The normalized spacial score (nSPS) is 12.3. The number of amides is 1. The molecule has 3 nitrogen and oxygen atoms in total. The third-order valence-electron chi connectivity index (χ3n) is 2.07. The van der Waals surface area contributed by atoms with E-state index in [9.17, 15) is 13.6 Å². The van der Waals surface area contributed by atoms with Gasteiger partial charge in [-0.2, -0.15) is 0 Å². The molecule has 100 valence electrons. The summed E-state index contributed by atoms with van der Waals surface area (Å²) in [4.78, 5) is 11.5. The SMILES string of the molecule is COCC(Br)CNC(=O)c1c(F)cc(Br)cc1F. The van der Waals surface area contributed by atoms with Gasteiger partial charge in [0.2, 0.25) is 0 Å². The van der Waals surface area contributed by atoms with Gasteiger partial charge in [0, 0.05) is 18.1 Å². The van der Waals surface area contributed by atoms with Gasteiger partial charge < -0.3 is 10.1 Å². The van der Waals surface area contributed by atoms with Gasteiger partial charge in [-0.1, -0.05) is 31.9 Å². The number of methoxy groups -OCH3 is 1. The lowest BCUT2D eigenvalue weighted by Crippen LogP contribution is -2.32. The summed E-state index contributed by atoms with van der Waals surface area (Å²) < 4.78 is 32.0. The van der Waals surface area contributed by atoms with E-state index in [-0.39, 0.29) is 15.8 Å². The predicted octanol–water partition coefficient (Wildman–Crippen LogP) is 2.87. The monoisotopic (exact) mass is 385 g/mol. The van der Waals surface area contributed by atoms with Crippen LogP contribution < -0.4 is 5.32 Å². The summed E-state index contributed by atoms with van der Waals surface area (Å²) in [7, 11) is 1.52. The molecule has 0 radical (unpaired) electrons. The van der Waals surface area contributed by atoms with Gasteiger partial charge in [0.25, 0.3) is 5.91 Å². The Morgan fingerprint density at radius 3 is 2.50 bits per heavy atom. The van der Waals surface area contributed by atoms with E-state index in [2.05, 4.69) is 37.2 Å². The van der Waals surface area contributed by atoms with E-state index >= 15 is 0 Å². The Morgan fingerprint density at radius 2 is 2.00 bits per heavy atom. The summed E-state index contributed by atoms with van der Waals surface area (Å²) in [6, 6.07) is 2.08. The number of carbonyl (C=O) groups excluding carboxylic acids is 1. The van der Waals surface area contributed by atoms with Gasteiger partial charge in [0.05, 0.1) is 11.4 Å². The van der Waals surface area contributed by atoms with Crippen molar-refractivity contribution in [2.45, 2.75) is 4.83 Å². The summed E-state index contributed by atoms with van der Waals surface area (Å²) >= 11 is 6.20. The maximum Gasteiger partial charge on any atom is 0.257 e. The van der Waals surface area contributed by atoms with Crippen LogP contribution >= 0.6 is 31.9 Å². The molecule has 1 N–H and O–H groups in total. The van der Waals surface area contributed by atoms with Crippen LogP contribution in [0.25, 0.3) is 0 Å². The lowest BCUT2D eigenvalue weighted by Gasteiger charge is -2.11. The number of hydrogen-bond donors (Lipinski definition) is 1. The van der Waals surface area contributed by atoms with Crippen LogP contribution in [0.4, 0.5) is 8.78 Å². The Kier molecular flexibility index (Phi) is 6.17. The standard InChI is InChI=1S/C11H11Br2F2NO2/c1-18-5-7(13)4-16-11(17)10-8(14)2-6(12)3-9(10)15/h2-3,7H,4-5H2,1H3,(H,16,17). The zero-order valence-corrected chi connectivity index (χ0v) is 12.6. The Bertz CT molecular complexity index is 420. The molecular weight excluding hydrogens is 376 g/mol. The lowest BCUT2D eigenvalue weighted by molar-refractivity contribution is 0.0941. The van der Waals surface area contributed by atoms with E-state index in [1.54, 1.807) is 0 Å². The first-order chi connectivity index (χ1) is 8.45. The van der Waals surface area contributed by atoms with Crippen molar-refractivity contribution in [1.82, 2.24) is 5.32 Å². The summed E-state index contributed by atoms with van der Waals surface area (Å²) in [5, 5.41) is 2.42. The number of halogens is 4. The molecule has 1 atom stereocenters. The molecule has 1 amide bonds. The molecule has 7 heteroatoms. The van der Waals surface area contributed by atoms with Crippen molar-refractivity contribution in [2.75, 3.05) is 20.3 Å². The second kappa shape index (κ2) is 7.16. The number of rotatable bonds is 5. The molecule has 1 unspecified atom stereocenters. The topological polar surface area (TPSA) is 38.3 Å². The number of benzene rings is 1. The number of carbonyl (C=O) groups is 1. The Hall–Kier alpha value is -0.530. The van der Waals surface area contributed by atoms with Gasteiger partial charge in [-0.15, -0.1) is 0 Å². The number of alkyl halides is 1. The maximum atomic E-state index is 13.5. The van der Waals surface area contributed by atoms with Crippen molar-refractivity contribution in [1.29, 1.82) is 0 Å². The second-order valence-electron chi connectivity index (χ2n) is 3.51. The van der Waals surface area contributed by atoms with Crippen molar-refractivity contribution in [2.24, 2.45) is 0 Å². The fourth-order valence-corrected chi connectivity index (χ4v) is 2.12. The van der Waals surface area contributed by atoms with Gasteiger partial charge in [-0.3, -0.25) is 4.79 Å². The molecular formula is C11H11Br2F2NO2. The summed E-state index contributed by atoms with van der Waals surface area (Å²) in [6.45, 7) is 0.590. The highest BCUT2D eigenvalue weighted by atomic mass is 79.9. The minimum atomic E-state index is -0.905. The van der Waals surface area contributed by atoms with Crippen molar-refractivity contribution >= 4 is 37.8 Å². The Labute approximate surface area is 120 Å². The highest BCUT2D eigenvalue weighted by molar-refractivity contribution is 9.10. The number of ether oxygens (including phenoxy) is 1. The average Bonchev–Trinajstić information content (AvgIpc) is 2.25. The van der Waals surface area contributed by atoms with Crippen LogP contribution in [0, 0.1) is 11.6 Å². The summed E-state index contributed by atoms with van der Waals surface area (Å²) in [5.41, 5.74) is -0.588. The first-order valence-corrected chi connectivity index (χ1v) is 6.72. The van der Waals surface area contributed by atoms with Gasteiger partial charge in [0.1, 0.15) is 17.2 Å². The molecule has 0 heterocycles. The summed E-state index contributed by atoms with van der Waals surface area (Å²) in [5.74, 6) is -2.60. The molecule has 0 saturated heterocycles. The van der Waals surface area contributed by atoms with Gasteiger partial charge in [0.15, 0.2) is 0 Å². The second-order valence-corrected chi connectivity index (χ2v) is 5.72. The lowest BCUT2D eigenvalue weighted by atomic mass is 10.2. The zero-order chi connectivity index (χ0) is 13.7. The van der Waals surface area contributed by atoms with E-state index in [1.165, 1.54) is 7.11 Å². The van der Waals surface area contributed by atoms with Crippen LogP contribution in [0.1, 0.15) is 10.4 Å². The van der Waals surface area contributed by atoms with E-state index in [0.29, 0.717) is 6.61 Å². The predicted molar refractivity (Wildman–Crippen MR) is 71.0 cm³/mol. The average molecular weight is 387 g/mol. The number of hydrogen-bond acceptors (Lipinski definition) is 2. The first kappa shape index (κ1) is 15.5. The van der Waals surface area contributed by atoms with Crippen molar-refractivity contribution in [3.63, 3.8) is 0 Å². The van der Waals surface area contributed by atoms with Crippen molar-refractivity contribution in [3.05, 3.63) is 33.8 Å².